The Morgan fingerprint density at radius 2 is 2.17 bits per heavy atom. The van der Waals surface area contributed by atoms with Crippen LogP contribution in [0.15, 0.2) is 18.2 Å². The highest BCUT2D eigenvalue weighted by atomic mass is 19.1. The minimum Gasteiger partial charge on any atom is -0.337 e. The number of halogens is 2. The van der Waals surface area contributed by atoms with Crippen molar-refractivity contribution >= 4 is 23.3 Å². The van der Waals surface area contributed by atoms with Gasteiger partial charge in [-0.2, -0.15) is 5.10 Å². The molecule has 0 saturated carbocycles. The highest BCUT2D eigenvalue weighted by molar-refractivity contribution is 5.95. The number of rotatable bonds is 1. The van der Waals surface area contributed by atoms with Crippen LogP contribution in [0, 0.1) is 12.4 Å². The molecule has 10 heteroatoms. The Morgan fingerprint density at radius 3 is 2.93 bits per heavy atom. The lowest BCUT2D eigenvalue weighted by Gasteiger charge is -2.27. The molecule has 0 bridgehead atoms. The second kappa shape index (κ2) is 7.16. The van der Waals surface area contributed by atoms with Crippen LogP contribution in [-0.2, 0) is 19.5 Å². The van der Waals surface area contributed by atoms with E-state index in [9.17, 15) is 18.4 Å². The summed E-state index contributed by atoms with van der Waals surface area (Å²) in [7, 11) is 1.54. The Labute approximate surface area is 165 Å². The van der Waals surface area contributed by atoms with Gasteiger partial charge in [-0.1, -0.05) is 0 Å². The molecule has 2 aliphatic heterocycles. The number of nitrogens with one attached hydrogen (secondary N) is 1. The van der Waals surface area contributed by atoms with E-state index in [0.717, 1.165) is 6.07 Å². The minimum absolute atomic E-state index is 0.000406. The summed E-state index contributed by atoms with van der Waals surface area (Å²) in [5.41, 5.74) is 1.76. The minimum atomic E-state index is -1.21. The molecule has 8 nitrogen and oxygen atoms in total. The highest BCUT2D eigenvalue weighted by Gasteiger charge is 2.34. The van der Waals surface area contributed by atoms with E-state index in [1.54, 1.807) is 7.05 Å². The molecule has 3 heterocycles. The van der Waals surface area contributed by atoms with Gasteiger partial charge in [-0.05, 0) is 18.2 Å². The van der Waals surface area contributed by atoms with Gasteiger partial charge in [-0.15, -0.1) is 0 Å². The SMILES string of the molecule is [C-]#[N+]c1cc(NC(=O)N2CCc3nn4c(c3C2)C(=O)N(C)CC(F)C4)ccc1F. The van der Waals surface area contributed by atoms with E-state index >= 15 is 0 Å². The first-order valence-electron chi connectivity index (χ1n) is 9.08. The predicted molar refractivity (Wildman–Crippen MR) is 99.9 cm³/mol. The van der Waals surface area contributed by atoms with Crippen LogP contribution < -0.4 is 5.32 Å². The summed E-state index contributed by atoms with van der Waals surface area (Å²) >= 11 is 0. The molecule has 150 valence electrons. The monoisotopic (exact) mass is 400 g/mol. The Morgan fingerprint density at radius 1 is 1.38 bits per heavy atom. The summed E-state index contributed by atoms with van der Waals surface area (Å²) in [6.07, 6.45) is -0.769. The van der Waals surface area contributed by atoms with Crippen molar-refractivity contribution in [2.24, 2.45) is 0 Å². The fourth-order valence-corrected chi connectivity index (χ4v) is 3.66. The number of anilines is 1. The van der Waals surface area contributed by atoms with Crippen LogP contribution in [0.2, 0.25) is 0 Å². The topological polar surface area (TPSA) is 74.8 Å². The number of nitrogens with zero attached hydrogens (tertiary/aromatic N) is 5. The first kappa shape index (κ1) is 18.9. The predicted octanol–water partition coefficient (Wildman–Crippen LogP) is 2.59. The van der Waals surface area contributed by atoms with Crippen molar-refractivity contribution in [2.75, 3.05) is 25.5 Å². The number of hydrogen-bond acceptors (Lipinski definition) is 3. The van der Waals surface area contributed by atoms with E-state index in [2.05, 4.69) is 15.3 Å². The maximum Gasteiger partial charge on any atom is 0.322 e. The molecule has 1 aromatic carbocycles. The van der Waals surface area contributed by atoms with E-state index in [0.29, 0.717) is 35.6 Å². The largest absolute Gasteiger partial charge is 0.337 e. The first-order valence-corrected chi connectivity index (χ1v) is 9.08. The molecule has 1 N–H and O–H groups in total. The molecule has 0 fully saturated rings. The zero-order valence-corrected chi connectivity index (χ0v) is 15.7. The van der Waals surface area contributed by atoms with Crippen molar-refractivity contribution in [3.8, 4) is 0 Å². The van der Waals surface area contributed by atoms with Gasteiger partial charge in [-0.25, -0.2) is 18.4 Å². The fraction of sp³-hybridized carbons (Fsp3) is 0.368. The Bertz CT molecular complexity index is 1040. The number of hydrogen-bond donors (Lipinski definition) is 1. The first-order chi connectivity index (χ1) is 13.9. The van der Waals surface area contributed by atoms with Crippen LogP contribution in [-0.4, -0.2) is 57.8 Å². The fourth-order valence-electron chi connectivity index (χ4n) is 3.66. The average Bonchev–Trinajstić information content (AvgIpc) is 3.00. The molecule has 0 spiro atoms. The number of carbonyl (C=O) groups is 2. The molecule has 2 aliphatic rings. The maximum absolute atomic E-state index is 14.1. The third-order valence-electron chi connectivity index (χ3n) is 5.10. The van der Waals surface area contributed by atoms with Gasteiger partial charge in [0.2, 0.25) is 5.69 Å². The number of benzene rings is 1. The van der Waals surface area contributed by atoms with Crippen LogP contribution in [0.3, 0.4) is 0 Å². The summed E-state index contributed by atoms with van der Waals surface area (Å²) in [6, 6.07) is 3.33. The highest BCUT2D eigenvalue weighted by Crippen LogP contribution is 2.27. The standard InChI is InChI=1S/C19H18F2N6O2/c1-22-16-7-12(3-4-14(16)21)23-19(29)26-6-5-15-13(10-26)17-18(28)25(2)8-11(20)9-27(17)24-15/h3-4,7,11H,5-6,8-10H2,2H3,(H,23,29). The van der Waals surface area contributed by atoms with Gasteiger partial charge in [0.15, 0.2) is 0 Å². The normalized spacial score (nSPS) is 18.6. The third kappa shape index (κ3) is 3.40. The Hall–Kier alpha value is -3.48. The molecular formula is C19H18F2N6O2. The lowest BCUT2D eigenvalue weighted by atomic mass is 10.0. The van der Waals surface area contributed by atoms with E-state index in [4.69, 9.17) is 6.57 Å². The summed E-state index contributed by atoms with van der Waals surface area (Å²) < 4.78 is 29.0. The number of aromatic nitrogens is 2. The van der Waals surface area contributed by atoms with Crippen LogP contribution in [0.25, 0.3) is 4.85 Å². The Balaban J connectivity index is 1.57. The van der Waals surface area contributed by atoms with Crippen molar-refractivity contribution in [2.45, 2.75) is 25.7 Å². The lowest BCUT2D eigenvalue weighted by molar-refractivity contribution is 0.0767. The van der Waals surface area contributed by atoms with Gasteiger partial charge in [0.1, 0.15) is 17.7 Å². The van der Waals surface area contributed by atoms with Gasteiger partial charge in [0.25, 0.3) is 5.91 Å². The summed E-state index contributed by atoms with van der Waals surface area (Å²) in [5, 5.41) is 7.04. The van der Waals surface area contributed by atoms with Crippen LogP contribution in [0.1, 0.15) is 21.7 Å². The zero-order chi connectivity index (χ0) is 20.7. The number of fused-ring (bicyclic) bond motifs is 3. The lowest BCUT2D eigenvalue weighted by Crippen LogP contribution is -2.39. The molecule has 1 aromatic heterocycles. The molecule has 4 rings (SSSR count). The molecule has 0 saturated heterocycles. The van der Waals surface area contributed by atoms with Gasteiger partial charge in [0.05, 0.1) is 31.9 Å². The van der Waals surface area contributed by atoms with Gasteiger partial charge >= 0.3 is 6.03 Å². The van der Waals surface area contributed by atoms with Crippen molar-refractivity contribution < 1.29 is 18.4 Å². The van der Waals surface area contributed by atoms with E-state index in [1.807, 2.05) is 0 Å². The average molecular weight is 400 g/mol. The molecule has 0 aliphatic carbocycles. The summed E-state index contributed by atoms with van der Waals surface area (Å²) in [6.45, 7) is 7.49. The van der Waals surface area contributed by atoms with E-state index in [1.165, 1.54) is 26.6 Å². The maximum atomic E-state index is 14.1. The van der Waals surface area contributed by atoms with Crippen molar-refractivity contribution in [3.05, 3.63) is 52.4 Å². The molecule has 1 unspecified atom stereocenters. The number of alkyl halides is 1. The summed E-state index contributed by atoms with van der Waals surface area (Å²) in [4.78, 5) is 31.3. The molecule has 2 aromatic rings. The van der Waals surface area contributed by atoms with Gasteiger partial charge in [-0.3, -0.25) is 9.48 Å². The smallest absolute Gasteiger partial charge is 0.322 e. The summed E-state index contributed by atoms with van der Waals surface area (Å²) in [5.74, 6) is -0.974. The molecular weight excluding hydrogens is 382 g/mol. The number of amides is 3. The van der Waals surface area contributed by atoms with Gasteiger partial charge in [0, 0.05) is 31.3 Å². The molecule has 3 amide bonds. The third-order valence-corrected chi connectivity index (χ3v) is 5.10. The van der Waals surface area contributed by atoms with E-state index < -0.39 is 18.0 Å². The van der Waals surface area contributed by atoms with Crippen molar-refractivity contribution in [1.82, 2.24) is 19.6 Å². The van der Waals surface area contributed by atoms with Crippen LogP contribution >= 0.6 is 0 Å². The van der Waals surface area contributed by atoms with Crippen LogP contribution in [0.4, 0.5) is 25.0 Å². The number of urea groups is 1. The van der Waals surface area contributed by atoms with Gasteiger partial charge < -0.3 is 15.1 Å². The van der Waals surface area contributed by atoms with Crippen molar-refractivity contribution in [3.63, 3.8) is 0 Å². The second-order valence-corrected chi connectivity index (χ2v) is 7.12. The zero-order valence-electron chi connectivity index (χ0n) is 15.7. The van der Waals surface area contributed by atoms with Crippen LogP contribution in [0.5, 0.6) is 0 Å². The molecule has 1 atom stereocenters. The molecule has 0 radical (unpaired) electrons. The quantitative estimate of drug-likeness (QED) is 0.748. The second-order valence-electron chi connectivity index (χ2n) is 7.12. The Kier molecular flexibility index (Phi) is 4.66. The molecule has 29 heavy (non-hydrogen) atoms. The number of carbonyl (C=O) groups excluding carboxylic acids is 2. The van der Waals surface area contributed by atoms with E-state index in [-0.39, 0.29) is 31.2 Å². The van der Waals surface area contributed by atoms with Crippen molar-refractivity contribution in [1.29, 1.82) is 0 Å².